The fourth-order valence-corrected chi connectivity index (χ4v) is 1.22. The third kappa shape index (κ3) is 1.24. The Morgan fingerprint density at radius 1 is 1.54 bits per heavy atom. The van der Waals surface area contributed by atoms with Gasteiger partial charge in [0.1, 0.15) is 11.4 Å². The van der Waals surface area contributed by atoms with Crippen molar-refractivity contribution in [2.75, 3.05) is 11.9 Å². The summed E-state index contributed by atoms with van der Waals surface area (Å²) in [5.41, 5.74) is 0.640. The Hall–Kier alpha value is -1.58. The summed E-state index contributed by atoms with van der Waals surface area (Å²) >= 11 is 0. The molecular weight excluding hydrogens is 173 g/mol. The molecule has 0 saturated carbocycles. The van der Waals surface area contributed by atoms with Gasteiger partial charge in [-0.3, -0.25) is 4.79 Å². The van der Waals surface area contributed by atoms with Gasteiger partial charge in [0.05, 0.1) is 0 Å². The molecule has 1 amide bonds. The second-order valence-corrected chi connectivity index (χ2v) is 2.91. The van der Waals surface area contributed by atoms with Gasteiger partial charge in [-0.1, -0.05) is 6.07 Å². The van der Waals surface area contributed by atoms with Crippen LogP contribution in [0.1, 0.15) is 5.56 Å². The lowest BCUT2D eigenvalue weighted by molar-refractivity contribution is -0.118. The van der Waals surface area contributed by atoms with E-state index in [0.29, 0.717) is 11.3 Å². The van der Waals surface area contributed by atoms with Gasteiger partial charge in [0.2, 0.25) is 0 Å². The van der Waals surface area contributed by atoms with Gasteiger partial charge in [0.15, 0.2) is 12.4 Å². The van der Waals surface area contributed by atoms with Gasteiger partial charge in [0.25, 0.3) is 5.91 Å². The Balaban J connectivity index is 2.54. The Kier molecular flexibility index (Phi) is 1.69. The summed E-state index contributed by atoms with van der Waals surface area (Å²) in [5.74, 6) is -0.356. The number of anilines is 1. The number of aryl methyl sites for hydroxylation is 1. The molecule has 68 valence electrons. The molecule has 0 fully saturated rings. The number of carbonyl (C=O) groups excluding carboxylic acids is 1. The number of ether oxygens (including phenoxy) is 1. The molecule has 3 nitrogen and oxygen atoms in total. The Morgan fingerprint density at radius 3 is 3.08 bits per heavy atom. The lowest BCUT2D eigenvalue weighted by Gasteiger charge is -2.18. The SMILES string of the molecule is Cc1ccc2c(c1F)NC(=O)CO2. The molecule has 0 aliphatic carbocycles. The van der Waals surface area contributed by atoms with E-state index in [1.165, 1.54) is 0 Å². The maximum atomic E-state index is 13.4. The molecule has 0 bridgehead atoms. The Labute approximate surface area is 74.5 Å². The van der Waals surface area contributed by atoms with E-state index in [0.717, 1.165) is 0 Å². The van der Waals surface area contributed by atoms with Crippen LogP contribution in [0, 0.1) is 12.7 Å². The topological polar surface area (TPSA) is 38.3 Å². The van der Waals surface area contributed by atoms with Crippen LogP contribution in [0.2, 0.25) is 0 Å². The second kappa shape index (κ2) is 2.73. The highest BCUT2D eigenvalue weighted by atomic mass is 19.1. The summed E-state index contributed by atoms with van der Waals surface area (Å²) in [6, 6.07) is 3.26. The lowest BCUT2D eigenvalue weighted by atomic mass is 10.1. The number of fused-ring (bicyclic) bond motifs is 1. The van der Waals surface area contributed by atoms with Crippen molar-refractivity contribution in [3.63, 3.8) is 0 Å². The molecule has 0 spiro atoms. The summed E-state index contributed by atoms with van der Waals surface area (Å²) in [6.45, 7) is 1.59. The van der Waals surface area contributed by atoms with Crippen LogP contribution in [0.15, 0.2) is 12.1 Å². The summed E-state index contributed by atoms with van der Waals surface area (Å²) < 4.78 is 18.4. The van der Waals surface area contributed by atoms with E-state index in [2.05, 4.69) is 5.32 Å². The quantitative estimate of drug-likeness (QED) is 0.658. The van der Waals surface area contributed by atoms with E-state index in [4.69, 9.17) is 4.74 Å². The molecule has 0 radical (unpaired) electrons. The molecule has 0 aromatic heterocycles. The van der Waals surface area contributed by atoms with E-state index >= 15 is 0 Å². The molecule has 13 heavy (non-hydrogen) atoms. The van der Waals surface area contributed by atoms with Crippen molar-refractivity contribution in [3.05, 3.63) is 23.5 Å². The van der Waals surface area contributed by atoms with Crippen LogP contribution in [-0.2, 0) is 4.79 Å². The maximum absolute atomic E-state index is 13.4. The fraction of sp³-hybridized carbons (Fsp3) is 0.222. The fourth-order valence-electron chi connectivity index (χ4n) is 1.22. The number of carbonyl (C=O) groups is 1. The molecule has 2 rings (SSSR count). The van der Waals surface area contributed by atoms with E-state index in [1.807, 2.05) is 0 Å². The summed E-state index contributed by atoms with van der Waals surface area (Å²) in [5, 5.41) is 2.43. The number of benzene rings is 1. The summed E-state index contributed by atoms with van der Waals surface area (Å²) in [7, 11) is 0. The van der Waals surface area contributed by atoms with Crippen molar-refractivity contribution in [1.29, 1.82) is 0 Å². The predicted molar refractivity (Wildman–Crippen MR) is 45.3 cm³/mol. The molecule has 1 aromatic carbocycles. The normalized spacial score (nSPS) is 14.5. The molecule has 1 aliphatic rings. The first kappa shape index (κ1) is 8.04. The molecular formula is C9H8FNO2. The van der Waals surface area contributed by atoms with Crippen molar-refractivity contribution in [3.8, 4) is 5.75 Å². The number of amides is 1. The molecule has 0 unspecified atom stereocenters. The molecule has 0 atom stereocenters. The minimum atomic E-state index is -0.425. The predicted octanol–water partition coefficient (Wildman–Crippen LogP) is 1.47. The van der Waals surface area contributed by atoms with Crippen LogP contribution < -0.4 is 10.1 Å². The molecule has 1 aromatic rings. The molecule has 4 heteroatoms. The minimum Gasteiger partial charge on any atom is -0.481 e. The van der Waals surface area contributed by atoms with Gasteiger partial charge in [-0.25, -0.2) is 4.39 Å². The number of halogens is 1. The lowest BCUT2D eigenvalue weighted by Crippen LogP contribution is -2.26. The smallest absolute Gasteiger partial charge is 0.262 e. The maximum Gasteiger partial charge on any atom is 0.262 e. The standard InChI is InChI=1S/C9H8FNO2/c1-5-2-3-6-9(8(5)10)11-7(12)4-13-6/h2-3H,4H2,1H3,(H,11,12). The average molecular weight is 181 g/mol. The number of hydrogen-bond donors (Lipinski definition) is 1. The monoisotopic (exact) mass is 181 g/mol. The number of hydrogen-bond acceptors (Lipinski definition) is 2. The molecule has 1 N–H and O–H groups in total. The zero-order valence-electron chi connectivity index (χ0n) is 7.06. The van der Waals surface area contributed by atoms with Gasteiger partial charge >= 0.3 is 0 Å². The van der Waals surface area contributed by atoms with Crippen LogP contribution in [0.4, 0.5) is 10.1 Å². The first-order chi connectivity index (χ1) is 6.18. The highest BCUT2D eigenvalue weighted by molar-refractivity contribution is 5.95. The van der Waals surface area contributed by atoms with E-state index in [-0.39, 0.29) is 18.2 Å². The van der Waals surface area contributed by atoms with Gasteiger partial charge in [0, 0.05) is 0 Å². The zero-order chi connectivity index (χ0) is 9.42. The van der Waals surface area contributed by atoms with Crippen molar-refractivity contribution in [2.24, 2.45) is 0 Å². The van der Waals surface area contributed by atoms with Crippen molar-refractivity contribution in [1.82, 2.24) is 0 Å². The van der Waals surface area contributed by atoms with E-state index < -0.39 is 5.82 Å². The Morgan fingerprint density at radius 2 is 2.31 bits per heavy atom. The molecule has 1 aliphatic heterocycles. The van der Waals surface area contributed by atoms with Crippen LogP contribution in [0.5, 0.6) is 5.75 Å². The van der Waals surface area contributed by atoms with Gasteiger partial charge in [-0.05, 0) is 18.6 Å². The number of rotatable bonds is 0. The first-order valence-corrected chi connectivity index (χ1v) is 3.90. The zero-order valence-corrected chi connectivity index (χ0v) is 7.06. The third-order valence-electron chi connectivity index (χ3n) is 1.92. The first-order valence-electron chi connectivity index (χ1n) is 3.90. The van der Waals surface area contributed by atoms with Crippen molar-refractivity contribution < 1.29 is 13.9 Å². The van der Waals surface area contributed by atoms with Crippen LogP contribution in [0.25, 0.3) is 0 Å². The highest BCUT2D eigenvalue weighted by Crippen LogP contribution is 2.31. The summed E-state index contributed by atoms with van der Waals surface area (Å²) in [4.78, 5) is 10.9. The number of nitrogens with one attached hydrogen (secondary N) is 1. The molecule has 1 heterocycles. The van der Waals surface area contributed by atoms with Gasteiger partial charge in [-0.15, -0.1) is 0 Å². The van der Waals surface area contributed by atoms with Crippen LogP contribution in [-0.4, -0.2) is 12.5 Å². The van der Waals surface area contributed by atoms with Gasteiger partial charge in [-0.2, -0.15) is 0 Å². The summed E-state index contributed by atoms with van der Waals surface area (Å²) in [6.07, 6.45) is 0. The van der Waals surface area contributed by atoms with Gasteiger partial charge < -0.3 is 10.1 Å². The van der Waals surface area contributed by atoms with Crippen molar-refractivity contribution in [2.45, 2.75) is 6.92 Å². The third-order valence-corrected chi connectivity index (χ3v) is 1.92. The average Bonchev–Trinajstić information content (AvgIpc) is 2.12. The minimum absolute atomic E-state index is 0.0461. The second-order valence-electron chi connectivity index (χ2n) is 2.91. The van der Waals surface area contributed by atoms with Crippen LogP contribution >= 0.6 is 0 Å². The van der Waals surface area contributed by atoms with E-state index in [1.54, 1.807) is 19.1 Å². The Bertz CT molecular complexity index is 376. The highest BCUT2D eigenvalue weighted by Gasteiger charge is 2.20. The van der Waals surface area contributed by atoms with Crippen molar-refractivity contribution >= 4 is 11.6 Å². The van der Waals surface area contributed by atoms with Crippen LogP contribution in [0.3, 0.4) is 0 Å². The largest absolute Gasteiger partial charge is 0.481 e. The molecule has 0 saturated heterocycles. The van der Waals surface area contributed by atoms with E-state index in [9.17, 15) is 9.18 Å².